The minimum atomic E-state index is -0.167. The van der Waals surface area contributed by atoms with Crippen molar-refractivity contribution < 1.29 is 4.79 Å². The number of nitrogens with one attached hydrogen (secondary N) is 1. The second kappa shape index (κ2) is 10.0. The lowest BCUT2D eigenvalue weighted by Crippen LogP contribution is -2.30. The Morgan fingerprint density at radius 1 is 0.929 bits per heavy atom. The number of halogens is 2. The number of rotatable bonds is 7. The van der Waals surface area contributed by atoms with Gasteiger partial charge in [-0.15, -0.1) is 11.8 Å². The topological polar surface area (TPSA) is 29.1 Å². The molecule has 3 aromatic rings. The summed E-state index contributed by atoms with van der Waals surface area (Å²) in [5, 5.41) is 4.24. The Labute approximate surface area is 180 Å². The Morgan fingerprint density at radius 3 is 2.29 bits per heavy atom. The van der Waals surface area contributed by atoms with E-state index >= 15 is 0 Å². The molecule has 3 aromatic carbocycles. The van der Waals surface area contributed by atoms with Gasteiger partial charge in [-0.1, -0.05) is 89.4 Å². The van der Waals surface area contributed by atoms with E-state index < -0.39 is 0 Å². The molecule has 0 fully saturated rings. The van der Waals surface area contributed by atoms with Crippen molar-refractivity contribution in [3.63, 3.8) is 0 Å². The quantitative estimate of drug-likeness (QED) is 0.467. The molecule has 0 saturated heterocycles. The van der Waals surface area contributed by atoms with Crippen molar-refractivity contribution in [1.82, 2.24) is 5.32 Å². The van der Waals surface area contributed by atoms with E-state index in [0.717, 1.165) is 16.7 Å². The third-order valence-electron chi connectivity index (χ3n) is 4.33. The van der Waals surface area contributed by atoms with Crippen LogP contribution in [0.2, 0.25) is 10.0 Å². The van der Waals surface area contributed by atoms with Crippen molar-refractivity contribution in [3.05, 3.63) is 105 Å². The maximum atomic E-state index is 12.6. The van der Waals surface area contributed by atoms with Gasteiger partial charge in [-0.3, -0.25) is 4.79 Å². The van der Waals surface area contributed by atoms with Gasteiger partial charge in [0.25, 0.3) is 0 Å². The first-order chi connectivity index (χ1) is 13.5. The summed E-state index contributed by atoms with van der Waals surface area (Å²) in [7, 11) is 0. The molecule has 0 saturated carbocycles. The molecule has 1 atom stereocenters. The summed E-state index contributed by atoms with van der Waals surface area (Å²) in [6.45, 7) is 2.06. The van der Waals surface area contributed by atoms with Crippen LogP contribution in [-0.4, -0.2) is 11.7 Å². The summed E-state index contributed by atoms with van der Waals surface area (Å²) in [5.41, 5.74) is 4.37. The molecule has 2 nitrogen and oxygen atoms in total. The number of thioether (sulfide) groups is 1. The van der Waals surface area contributed by atoms with Crippen molar-refractivity contribution in [2.24, 2.45) is 0 Å². The summed E-state index contributed by atoms with van der Waals surface area (Å²) in [4.78, 5) is 12.6. The van der Waals surface area contributed by atoms with E-state index in [1.807, 2.05) is 42.5 Å². The van der Waals surface area contributed by atoms with Gasteiger partial charge in [0.2, 0.25) is 5.91 Å². The monoisotopic (exact) mass is 429 g/mol. The molecule has 0 radical (unpaired) electrons. The first-order valence-corrected chi connectivity index (χ1v) is 10.9. The molecular weight excluding hydrogens is 409 g/mol. The first kappa shape index (κ1) is 20.8. The van der Waals surface area contributed by atoms with Crippen molar-refractivity contribution in [2.75, 3.05) is 5.75 Å². The van der Waals surface area contributed by atoms with Crippen LogP contribution in [0.1, 0.15) is 28.3 Å². The highest BCUT2D eigenvalue weighted by atomic mass is 35.5. The Morgan fingerprint density at radius 2 is 1.61 bits per heavy atom. The second-order valence-electron chi connectivity index (χ2n) is 6.56. The number of carbonyl (C=O) groups excluding carboxylic acids is 1. The highest BCUT2D eigenvalue weighted by Gasteiger charge is 2.16. The van der Waals surface area contributed by atoms with Gasteiger partial charge in [0.15, 0.2) is 0 Å². The molecular formula is C23H21Cl2NOS. The third-order valence-corrected chi connectivity index (χ3v) is 6.08. The maximum absolute atomic E-state index is 12.6. The van der Waals surface area contributed by atoms with Crippen LogP contribution < -0.4 is 5.32 Å². The molecule has 0 bridgehead atoms. The molecule has 0 aliphatic heterocycles. The summed E-state index contributed by atoms with van der Waals surface area (Å²) in [6.07, 6.45) is 0. The van der Waals surface area contributed by atoms with Gasteiger partial charge < -0.3 is 5.32 Å². The zero-order valence-electron chi connectivity index (χ0n) is 15.5. The summed E-state index contributed by atoms with van der Waals surface area (Å²) in [5.74, 6) is 1.07. The molecule has 3 rings (SSSR count). The number of aryl methyl sites for hydroxylation is 1. The number of amides is 1. The predicted molar refractivity (Wildman–Crippen MR) is 120 cm³/mol. The number of hydrogen-bond donors (Lipinski definition) is 1. The molecule has 28 heavy (non-hydrogen) atoms. The van der Waals surface area contributed by atoms with E-state index in [1.54, 1.807) is 17.8 Å². The van der Waals surface area contributed by atoms with Crippen LogP contribution in [0, 0.1) is 6.92 Å². The molecule has 0 spiro atoms. The minimum Gasteiger partial charge on any atom is -0.344 e. The van der Waals surface area contributed by atoms with E-state index in [9.17, 15) is 4.79 Å². The van der Waals surface area contributed by atoms with Gasteiger partial charge in [-0.25, -0.2) is 0 Å². The lowest BCUT2D eigenvalue weighted by Gasteiger charge is -2.20. The largest absolute Gasteiger partial charge is 0.344 e. The lowest BCUT2D eigenvalue weighted by atomic mass is 9.98. The Kier molecular flexibility index (Phi) is 7.43. The Balaban J connectivity index is 1.64. The molecule has 0 aromatic heterocycles. The first-order valence-electron chi connectivity index (χ1n) is 8.95. The maximum Gasteiger partial charge on any atom is 0.230 e. The van der Waals surface area contributed by atoms with Gasteiger partial charge in [-0.2, -0.15) is 0 Å². The fourth-order valence-electron chi connectivity index (χ4n) is 2.86. The number of hydrogen-bond acceptors (Lipinski definition) is 2. The van der Waals surface area contributed by atoms with Crippen LogP contribution >= 0.6 is 35.0 Å². The standard InChI is InChI=1S/C23H21Cl2NOS/c1-16-7-10-19(11-8-16)23(18-5-3-2-4-6-18)26-22(27)15-28-14-17-9-12-20(24)21(25)13-17/h2-13,23H,14-15H2,1H3,(H,26,27). The fourth-order valence-corrected chi connectivity index (χ4v) is 3.96. The average Bonchev–Trinajstić information content (AvgIpc) is 2.70. The summed E-state index contributed by atoms with van der Waals surface area (Å²) >= 11 is 13.5. The fraction of sp³-hybridized carbons (Fsp3) is 0.174. The van der Waals surface area contributed by atoms with Crippen LogP contribution in [0.3, 0.4) is 0 Å². The molecule has 0 heterocycles. The SMILES string of the molecule is Cc1ccc(C(NC(=O)CSCc2ccc(Cl)c(Cl)c2)c2ccccc2)cc1. The zero-order chi connectivity index (χ0) is 19.9. The van der Waals surface area contributed by atoms with Crippen LogP contribution in [0.15, 0.2) is 72.8 Å². The number of benzene rings is 3. The molecule has 1 unspecified atom stereocenters. The van der Waals surface area contributed by atoms with Crippen molar-refractivity contribution in [2.45, 2.75) is 18.7 Å². The summed E-state index contributed by atoms with van der Waals surface area (Å²) < 4.78 is 0. The average molecular weight is 430 g/mol. The molecule has 1 amide bonds. The van der Waals surface area contributed by atoms with Crippen LogP contribution in [0.4, 0.5) is 0 Å². The molecule has 144 valence electrons. The normalized spacial score (nSPS) is 11.8. The minimum absolute atomic E-state index is 0.000474. The van der Waals surface area contributed by atoms with Gasteiger partial charge in [0, 0.05) is 5.75 Å². The van der Waals surface area contributed by atoms with Crippen molar-refractivity contribution >= 4 is 40.9 Å². The van der Waals surface area contributed by atoms with E-state index in [-0.39, 0.29) is 11.9 Å². The van der Waals surface area contributed by atoms with Gasteiger partial charge >= 0.3 is 0 Å². The third kappa shape index (κ3) is 5.78. The summed E-state index contributed by atoms with van der Waals surface area (Å²) in [6, 6.07) is 23.7. The van der Waals surface area contributed by atoms with E-state index in [2.05, 4.69) is 36.5 Å². The molecule has 0 aliphatic rings. The van der Waals surface area contributed by atoms with Crippen molar-refractivity contribution in [3.8, 4) is 0 Å². The Bertz CT molecular complexity index is 929. The van der Waals surface area contributed by atoms with E-state index in [1.165, 1.54) is 5.56 Å². The highest BCUT2D eigenvalue weighted by Crippen LogP contribution is 2.25. The highest BCUT2D eigenvalue weighted by molar-refractivity contribution is 7.99. The van der Waals surface area contributed by atoms with Crippen LogP contribution in [0.25, 0.3) is 0 Å². The van der Waals surface area contributed by atoms with Crippen LogP contribution in [0.5, 0.6) is 0 Å². The van der Waals surface area contributed by atoms with Crippen molar-refractivity contribution in [1.29, 1.82) is 0 Å². The lowest BCUT2D eigenvalue weighted by molar-refractivity contribution is -0.119. The van der Waals surface area contributed by atoms with Gasteiger partial charge in [0.05, 0.1) is 21.8 Å². The Hall–Kier alpha value is -1.94. The molecule has 1 N–H and O–H groups in total. The van der Waals surface area contributed by atoms with E-state index in [0.29, 0.717) is 21.6 Å². The number of carbonyl (C=O) groups is 1. The second-order valence-corrected chi connectivity index (χ2v) is 8.36. The predicted octanol–water partition coefficient (Wildman–Crippen LogP) is 6.44. The smallest absolute Gasteiger partial charge is 0.230 e. The molecule has 5 heteroatoms. The van der Waals surface area contributed by atoms with E-state index in [4.69, 9.17) is 23.2 Å². The molecule has 0 aliphatic carbocycles. The zero-order valence-corrected chi connectivity index (χ0v) is 17.8. The van der Waals surface area contributed by atoms with Crippen LogP contribution in [-0.2, 0) is 10.5 Å². The van der Waals surface area contributed by atoms with Gasteiger partial charge in [0.1, 0.15) is 0 Å². The van der Waals surface area contributed by atoms with Gasteiger partial charge in [-0.05, 0) is 35.7 Å².